The Hall–Kier alpha value is -2.47. The minimum atomic E-state index is -1.03. The standard InChI is InChI=1S/C28H39N3O3/c1-3-25(31-20-29-24(19-26(31)32)23-12-8-5-9-13-23)28(34)14-16-30(17-15-28)27(33)21(2)18-22-10-6-4-7-11-22/h5,8-9,12-13,19-22,25,34H,3-4,6-7,10-11,14-18H2,1-2H3/t21?,25-/m1/s1. The fourth-order valence-electron chi connectivity index (χ4n) is 6.03. The Morgan fingerprint density at radius 3 is 2.44 bits per heavy atom. The van der Waals surface area contributed by atoms with Gasteiger partial charge in [0.1, 0.15) is 0 Å². The van der Waals surface area contributed by atoms with Crippen LogP contribution in [-0.2, 0) is 4.79 Å². The van der Waals surface area contributed by atoms with Crippen molar-refractivity contribution in [1.82, 2.24) is 14.5 Å². The van der Waals surface area contributed by atoms with Crippen molar-refractivity contribution in [3.05, 3.63) is 53.1 Å². The quantitative estimate of drug-likeness (QED) is 0.636. The summed E-state index contributed by atoms with van der Waals surface area (Å²) in [5.41, 5.74) is 0.343. The second kappa shape index (κ2) is 10.9. The number of hydrogen-bond acceptors (Lipinski definition) is 4. The first kappa shape index (κ1) is 24.6. The molecule has 6 nitrogen and oxygen atoms in total. The molecule has 4 rings (SSSR count). The first-order valence-electron chi connectivity index (χ1n) is 13.1. The van der Waals surface area contributed by atoms with Crippen LogP contribution in [0.5, 0.6) is 0 Å². The first-order valence-corrected chi connectivity index (χ1v) is 13.1. The Labute approximate surface area is 203 Å². The minimum Gasteiger partial charge on any atom is -0.388 e. The average molecular weight is 466 g/mol. The van der Waals surface area contributed by atoms with Gasteiger partial charge in [-0.05, 0) is 31.6 Å². The maximum Gasteiger partial charge on any atom is 0.254 e. The minimum absolute atomic E-state index is 0.0358. The van der Waals surface area contributed by atoms with E-state index in [9.17, 15) is 14.7 Å². The van der Waals surface area contributed by atoms with Crippen molar-refractivity contribution in [1.29, 1.82) is 0 Å². The maximum absolute atomic E-state index is 13.1. The SMILES string of the molecule is CC[C@@H](n1cnc(-c2ccccc2)cc1=O)C1(O)CCN(C(=O)C(C)CC2CCCCC2)CC1. The maximum atomic E-state index is 13.1. The first-order chi connectivity index (χ1) is 16.4. The molecule has 1 saturated heterocycles. The van der Waals surface area contributed by atoms with Crippen LogP contribution < -0.4 is 5.56 Å². The van der Waals surface area contributed by atoms with E-state index in [-0.39, 0.29) is 23.4 Å². The van der Waals surface area contributed by atoms with Crippen LogP contribution in [0, 0.1) is 11.8 Å². The van der Waals surface area contributed by atoms with Gasteiger partial charge < -0.3 is 10.0 Å². The van der Waals surface area contributed by atoms with Gasteiger partial charge in [-0.25, -0.2) is 4.98 Å². The molecule has 184 valence electrons. The van der Waals surface area contributed by atoms with Crippen LogP contribution in [0.3, 0.4) is 0 Å². The third-order valence-corrected chi connectivity index (χ3v) is 8.02. The molecule has 2 heterocycles. The van der Waals surface area contributed by atoms with E-state index in [1.807, 2.05) is 42.2 Å². The smallest absolute Gasteiger partial charge is 0.254 e. The van der Waals surface area contributed by atoms with Crippen molar-refractivity contribution in [2.45, 2.75) is 83.3 Å². The molecule has 0 spiro atoms. The molecule has 6 heteroatoms. The largest absolute Gasteiger partial charge is 0.388 e. The van der Waals surface area contributed by atoms with Crippen LogP contribution in [0.2, 0.25) is 0 Å². The van der Waals surface area contributed by atoms with Crippen LogP contribution >= 0.6 is 0 Å². The van der Waals surface area contributed by atoms with Crippen LogP contribution in [-0.4, -0.2) is 44.2 Å². The predicted octanol–water partition coefficient (Wildman–Crippen LogP) is 4.82. The molecule has 0 radical (unpaired) electrons. The van der Waals surface area contributed by atoms with Gasteiger partial charge in [0.05, 0.1) is 23.7 Å². The van der Waals surface area contributed by atoms with E-state index in [0.717, 1.165) is 12.0 Å². The summed E-state index contributed by atoms with van der Waals surface area (Å²) < 4.78 is 1.58. The van der Waals surface area contributed by atoms with Gasteiger partial charge >= 0.3 is 0 Å². The van der Waals surface area contributed by atoms with Crippen LogP contribution in [0.25, 0.3) is 11.3 Å². The Balaban J connectivity index is 1.41. The molecule has 1 aromatic heterocycles. The zero-order valence-electron chi connectivity index (χ0n) is 20.7. The highest BCUT2D eigenvalue weighted by atomic mass is 16.3. The van der Waals surface area contributed by atoms with E-state index in [1.54, 1.807) is 17.0 Å². The van der Waals surface area contributed by atoms with E-state index in [1.165, 1.54) is 32.1 Å². The highest BCUT2D eigenvalue weighted by molar-refractivity contribution is 5.78. The van der Waals surface area contributed by atoms with Crippen molar-refractivity contribution in [3.8, 4) is 11.3 Å². The fourth-order valence-corrected chi connectivity index (χ4v) is 6.03. The number of piperidine rings is 1. The average Bonchev–Trinajstić information content (AvgIpc) is 2.86. The molecule has 1 aliphatic carbocycles. The Morgan fingerprint density at radius 1 is 1.15 bits per heavy atom. The Morgan fingerprint density at radius 2 is 1.82 bits per heavy atom. The van der Waals surface area contributed by atoms with Gasteiger partial charge in [-0.15, -0.1) is 0 Å². The molecule has 34 heavy (non-hydrogen) atoms. The number of benzene rings is 1. The number of hydrogen-bond donors (Lipinski definition) is 1. The number of rotatable bonds is 7. The summed E-state index contributed by atoms with van der Waals surface area (Å²) in [6.45, 7) is 5.12. The monoisotopic (exact) mass is 465 g/mol. The topological polar surface area (TPSA) is 75.4 Å². The molecule has 1 amide bonds. The number of nitrogens with zero attached hydrogens (tertiary/aromatic N) is 3. The third kappa shape index (κ3) is 5.43. The summed E-state index contributed by atoms with van der Waals surface area (Å²) in [5.74, 6) is 0.928. The van der Waals surface area contributed by atoms with E-state index >= 15 is 0 Å². The molecule has 1 N–H and O–H groups in total. The zero-order chi connectivity index (χ0) is 24.1. The van der Waals surface area contributed by atoms with Crippen molar-refractivity contribution >= 4 is 5.91 Å². The highest BCUT2D eigenvalue weighted by Gasteiger charge is 2.42. The molecule has 1 saturated carbocycles. The summed E-state index contributed by atoms with van der Waals surface area (Å²) in [7, 11) is 0. The summed E-state index contributed by atoms with van der Waals surface area (Å²) in [6.07, 6.45) is 10.5. The second-order valence-electron chi connectivity index (χ2n) is 10.4. The molecule has 1 aliphatic heterocycles. The molecule has 2 atom stereocenters. The fraction of sp³-hybridized carbons (Fsp3) is 0.607. The third-order valence-electron chi connectivity index (χ3n) is 8.02. The molecule has 2 aliphatic rings. The normalized spacial score (nSPS) is 20.6. The summed E-state index contributed by atoms with van der Waals surface area (Å²) in [5, 5.41) is 11.6. The second-order valence-corrected chi connectivity index (χ2v) is 10.4. The summed E-state index contributed by atoms with van der Waals surface area (Å²) >= 11 is 0. The summed E-state index contributed by atoms with van der Waals surface area (Å²) in [6, 6.07) is 10.8. The summed E-state index contributed by atoms with van der Waals surface area (Å²) in [4.78, 5) is 32.5. The zero-order valence-corrected chi connectivity index (χ0v) is 20.7. The number of aromatic nitrogens is 2. The van der Waals surface area contributed by atoms with Gasteiger partial charge in [0.25, 0.3) is 5.56 Å². The highest BCUT2D eigenvalue weighted by Crippen LogP contribution is 2.36. The number of carbonyl (C=O) groups excluding carboxylic acids is 1. The van der Waals surface area contributed by atoms with E-state index in [0.29, 0.717) is 44.0 Å². The molecule has 1 unspecified atom stereocenters. The van der Waals surface area contributed by atoms with Crippen molar-refractivity contribution in [2.75, 3.05) is 13.1 Å². The molecule has 2 aromatic rings. The van der Waals surface area contributed by atoms with Gasteiger partial charge in [0.15, 0.2) is 0 Å². The van der Waals surface area contributed by atoms with Crippen molar-refractivity contribution in [3.63, 3.8) is 0 Å². The Bertz CT molecular complexity index is 1010. The lowest BCUT2D eigenvalue weighted by Crippen LogP contribution is -2.53. The number of amides is 1. The van der Waals surface area contributed by atoms with Crippen molar-refractivity contribution in [2.24, 2.45) is 11.8 Å². The lowest BCUT2D eigenvalue weighted by Gasteiger charge is -2.43. The van der Waals surface area contributed by atoms with Crippen molar-refractivity contribution < 1.29 is 9.90 Å². The number of aliphatic hydroxyl groups is 1. The number of likely N-dealkylation sites (tertiary alicyclic amines) is 1. The van der Waals surface area contributed by atoms with Crippen LogP contribution in [0.1, 0.15) is 77.7 Å². The van der Waals surface area contributed by atoms with Gasteiger partial charge in [-0.2, -0.15) is 0 Å². The van der Waals surface area contributed by atoms with Gasteiger partial charge in [0.2, 0.25) is 5.91 Å². The van der Waals surface area contributed by atoms with Crippen LogP contribution in [0.15, 0.2) is 47.5 Å². The number of carbonyl (C=O) groups is 1. The molecular weight excluding hydrogens is 426 g/mol. The Kier molecular flexibility index (Phi) is 7.87. The molecular formula is C28H39N3O3. The molecule has 0 bridgehead atoms. The van der Waals surface area contributed by atoms with E-state index in [2.05, 4.69) is 11.9 Å². The van der Waals surface area contributed by atoms with E-state index < -0.39 is 5.60 Å². The van der Waals surface area contributed by atoms with Gasteiger partial charge in [-0.3, -0.25) is 14.2 Å². The lowest BCUT2D eigenvalue weighted by molar-refractivity contribution is -0.141. The molecule has 2 fully saturated rings. The van der Waals surface area contributed by atoms with Gasteiger partial charge in [0, 0.05) is 30.6 Å². The predicted molar refractivity (Wildman–Crippen MR) is 134 cm³/mol. The molecule has 1 aromatic carbocycles. The van der Waals surface area contributed by atoms with Crippen LogP contribution in [0.4, 0.5) is 0 Å². The van der Waals surface area contributed by atoms with Gasteiger partial charge in [-0.1, -0.05) is 76.3 Å². The lowest BCUT2D eigenvalue weighted by atomic mass is 9.81. The van der Waals surface area contributed by atoms with E-state index in [4.69, 9.17) is 0 Å².